The van der Waals surface area contributed by atoms with Gasteiger partial charge in [0, 0.05) is 18.2 Å². The second-order valence-corrected chi connectivity index (χ2v) is 7.60. The fraction of sp³-hybridized carbons (Fsp3) is 0.571. The maximum atomic E-state index is 11.2. The Morgan fingerprint density at radius 1 is 1.17 bits per heavy atom. The van der Waals surface area contributed by atoms with Crippen LogP contribution in [0.4, 0.5) is 0 Å². The van der Waals surface area contributed by atoms with Crippen LogP contribution in [0.3, 0.4) is 0 Å². The highest BCUT2D eigenvalue weighted by Gasteiger charge is 2.33. The van der Waals surface area contributed by atoms with Gasteiger partial charge < -0.3 is 5.73 Å². The lowest BCUT2D eigenvalue weighted by Gasteiger charge is -2.28. The number of hydrogen-bond acceptors (Lipinski definition) is 3. The van der Waals surface area contributed by atoms with E-state index in [0.717, 1.165) is 18.4 Å². The van der Waals surface area contributed by atoms with Gasteiger partial charge in [-0.2, -0.15) is 0 Å². The first-order valence-corrected chi connectivity index (χ1v) is 8.48. The first-order chi connectivity index (χ1) is 8.45. The van der Waals surface area contributed by atoms with Crippen LogP contribution in [0.15, 0.2) is 24.3 Å². The Morgan fingerprint density at radius 3 is 2.17 bits per heavy atom. The molecule has 1 aromatic carbocycles. The molecule has 1 aromatic rings. The number of nitrogens with two attached hydrogens (primary N) is 1. The monoisotopic (exact) mass is 267 g/mol. The molecule has 2 rings (SSSR count). The van der Waals surface area contributed by atoms with E-state index in [-0.39, 0.29) is 11.2 Å². The Balaban J connectivity index is 2.21. The van der Waals surface area contributed by atoms with E-state index in [9.17, 15) is 8.42 Å². The van der Waals surface area contributed by atoms with Crippen LogP contribution in [0.2, 0.25) is 0 Å². The van der Waals surface area contributed by atoms with E-state index >= 15 is 0 Å². The number of benzene rings is 1. The fourth-order valence-corrected chi connectivity index (χ4v) is 3.72. The molecule has 0 radical (unpaired) electrons. The summed E-state index contributed by atoms with van der Waals surface area (Å²) in [6, 6.07) is 7.95. The van der Waals surface area contributed by atoms with Crippen molar-refractivity contribution >= 4 is 9.84 Å². The molecule has 1 aliphatic carbocycles. The average Bonchev–Trinajstić information content (AvgIpc) is 2.77. The summed E-state index contributed by atoms with van der Waals surface area (Å²) in [7, 11) is -2.95. The molecule has 18 heavy (non-hydrogen) atoms. The van der Waals surface area contributed by atoms with E-state index < -0.39 is 9.84 Å². The maximum absolute atomic E-state index is 11.2. The third-order valence-corrected chi connectivity index (χ3v) is 4.80. The summed E-state index contributed by atoms with van der Waals surface area (Å²) >= 11 is 0. The molecule has 1 saturated carbocycles. The van der Waals surface area contributed by atoms with Crippen LogP contribution in [-0.2, 0) is 21.0 Å². The molecular weight excluding hydrogens is 246 g/mol. The van der Waals surface area contributed by atoms with Crippen LogP contribution in [-0.4, -0.2) is 21.2 Å². The van der Waals surface area contributed by atoms with E-state index in [0.29, 0.717) is 6.54 Å². The molecule has 0 atom stereocenters. The molecule has 1 fully saturated rings. The van der Waals surface area contributed by atoms with Gasteiger partial charge in [0.05, 0.1) is 5.75 Å². The van der Waals surface area contributed by atoms with E-state index in [1.807, 2.05) is 12.1 Å². The van der Waals surface area contributed by atoms with Crippen LogP contribution >= 0.6 is 0 Å². The summed E-state index contributed by atoms with van der Waals surface area (Å²) in [5.74, 6) is 0.114. The molecule has 0 spiro atoms. The predicted molar refractivity (Wildman–Crippen MR) is 74.2 cm³/mol. The zero-order valence-electron chi connectivity index (χ0n) is 10.9. The van der Waals surface area contributed by atoms with Gasteiger partial charge >= 0.3 is 0 Å². The lowest BCUT2D eigenvalue weighted by molar-refractivity contribution is 0.453. The lowest BCUT2D eigenvalue weighted by Crippen LogP contribution is -2.31. The summed E-state index contributed by atoms with van der Waals surface area (Å²) in [5, 5.41) is 0. The molecule has 2 N–H and O–H groups in total. The first-order valence-electron chi connectivity index (χ1n) is 6.42. The fourth-order valence-electron chi connectivity index (χ4n) is 2.92. The van der Waals surface area contributed by atoms with Gasteiger partial charge in [0.25, 0.3) is 0 Å². The van der Waals surface area contributed by atoms with Gasteiger partial charge in [-0.3, -0.25) is 0 Å². The standard InChI is InChI=1S/C14H21NO2S/c1-18(16,17)10-12-4-6-13(7-5-12)14(11-15)8-2-3-9-14/h4-7H,2-3,8-11,15H2,1H3. The van der Waals surface area contributed by atoms with Crippen LogP contribution in [0, 0.1) is 0 Å². The van der Waals surface area contributed by atoms with Crippen molar-refractivity contribution in [1.29, 1.82) is 0 Å². The van der Waals surface area contributed by atoms with E-state index in [1.165, 1.54) is 24.7 Å². The van der Waals surface area contributed by atoms with Crippen molar-refractivity contribution in [2.45, 2.75) is 36.9 Å². The highest BCUT2D eigenvalue weighted by Crippen LogP contribution is 2.40. The third kappa shape index (κ3) is 2.93. The maximum Gasteiger partial charge on any atom is 0.151 e. The number of hydrogen-bond donors (Lipinski definition) is 1. The van der Waals surface area contributed by atoms with Gasteiger partial charge in [-0.25, -0.2) is 8.42 Å². The van der Waals surface area contributed by atoms with Crippen molar-refractivity contribution in [3.63, 3.8) is 0 Å². The zero-order valence-corrected chi connectivity index (χ0v) is 11.7. The van der Waals surface area contributed by atoms with Crippen molar-refractivity contribution in [1.82, 2.24) is 0 Å². The molecule has 0 bridgehead atoms. The molecule has 0 saturated heterocycles. The molecule has 4 heteroatoms. The molecule has 0 heterocycles. The molecule has 0 aromatic heterocycles. The Labute approximate surface area is 109 Å². The van der Waals surface area contributed by atoms with Crippen LogP contribution < -0.4 is 5.73 Å². The lowest BCUT2D eigenvalue weighted by atomic mass is 9.79. The Bertz CT molecular complexity index is 499. The minimum Gasteiger partial charge on any atom is -0.330 e. The molecular formula is C14H21NO2S. The normalized spacial score (nSPS) is 19.0. The van der Waals surface area contributed by atoms with Crippen LogP contribution in [0.1, 0.15) is 36.8 Å². The van der Waals surface area contributed by atoms with E-state index in [4.69, 9.17) is 5.73 Å². The third-order valence-electron chi connectivity index (χ3n) is 3.95. The Kier molecular flexibility index (Phi) is 3.78. The van der Waals surface area contributed by atoms with Crippen molar-refractivity contribution in [3.05, 3.63) is 35.4 Å². The minimum absolute atomic E-state index is 0.114. The van der Waals surface area contributed by atoms with E-state index in [2.05, 4.69) is 12.1 Å². The number of rotatable bonds is 4. The summed E-state index contributed by atoms with van der Waals surface area (Å²) in [4.78, 5) is 0. The minimum atomic E-state index is -2.95. The summed E-state index contributed by atoms with van der Waals surface area (Å²) in [5.41, 5.74) is 8.19. The summed E-state index contributed by atoms with van der Waals surface area (Å²) in [6.45, 7) is 0.679. The first kappa shape index (κ1) is 13.6. The number of sulfone groups is 1. The van der Waals surface area contributed by atoms with E-state index in [1.54, 1.807) is 0 Å². The Morgan fingerprint density at radius 2 is 1.72 bits per heavy atom. The quantitative estimate of drug-likeness (QED) is 0.907. The topological polar surface area (TPSA) is 60.2 Å². The van der Waals surface area contributed by atoms with Gasteiger partial charge in [0.2, 0.25) is 0 Å². The van der Waals surface area contributed by atoms with Crippen LogP contribution in [0.25, 0.3) is 0 Å². The SMILES string of the molecule is CS(=O)(=O)Cc1ccc(C2(CN)CCCC2)cc1. The van der Waals surface area contributed by atoms with Gasteiger partial charge in [0.15, 0.2) is 9.84 Å². The molecule has 0 amide bonds. The van der Waals surface area contributed by atoms with Gasteiger partial charge in [-0.05, 0) is 24.0 Å². The molecule has 1 aliphatic rings. The van der Waals surface area contributed by atoms with Crippen molar-refractivity contribution in [2.75, 3.05) is 12.8 Å². The van der Waals surface area contributed by atoms with Gasteiger partial charge in [-0.1, -0.05) is 37.1 Å². The second-order valence-electron chi connectivity index (χ2n) is 5.46. The molecule has 0 aliphatic heterocycles. The summed E-state index contributed by atoms with van der Waals surface area (Å²) in [6.07, 6.45) is 6.04. The largest absolute Gasteiger partial charge is 0.330 e. The van der Waals surface area contributed by atoms with Gasteiger partial charge in [-0.15, -0.1) is 0 Å². The highest BCUT2D eigenvalue weighted by molar-refractivity contribution is 7.89. The Hall–Kier alpha value is -0.870. The molecule has 3 nitrogen and oxygen atoms in total. The highest BCUT2D eigenvalue weighted by atomic mass is 32.2. The molecule has 100 valence electrons. The van der Waals surface area contributed by atoms with Crippen molar-refractivity contribution in [2.24, 2.45) is 5.73 Å². The zero-order chi connectivity index (χ0) is 13.2. The van der Waals surface area contributed by atoms with Gasteiger partial charge in [0.1, 0.15) is 0 Å². The smallest absolute Gasteiger partial charge is 0.151 e. The molecule has 0 unspecified atom stereocenters. The second kappa shape index (κ2) is 5.02. The predicted octanol–water partition coefficient (Wildman–Crippen LogP) is 2.00. The van der Waals surface area contributed by atoms with Crippen molar-refractivity contribution < 1.29 is 8.42 Å². The summed E-state index contributed by atoms with van der Waals surface area (Å²) < 4.78 is 22.5. The average molecular weight is 267 g/mol. The van der Waals surface area contributed by atoms with Crippen molar-refractivity contribution in [3.8, 4) is 0 Å². The van der Waals surface area contributed by atoms with Crippen LogP contribution in [0.5, 0.6) is 0 Å².